The number of rotatable bonds is 9. The molecule has 3 rings (SSSR count). The molecule has 0 radical (unpaired) electrons. The number of hydrogen-bond donors (Lipinski definition) is 0. The Hall–Kier alpha value is -3.46. The molecule has 3 aromatic carbocycles. The number of para-hydroxylation sites is 1. The maximum Gasteiger partial charge on any atom is 0.573 e. The van der Waals surface area contributed by atoms with Crippen LogP contribution in [0.4, 0.5) is 17.6 Å². The summed E-state index contributed by atoms with van der Waals surface area (Å²) in [4.78, 5) is 0. The third kappa shape index (κ3) is 6.52. The Morgan fingerprint density at radius 2 is 1.61 bits per heavy atom. The molecule has 0 bridgehead atoms. The SMILES string of the molecule is C#CC(CC)(CCCc1ccc(F)c(Oc2ccccc2)c1)c1ccc(OC(F)(F)F)cc1. The number of hydrogen-bond acceptors (Lipinski definition) is 2. The highest BCUT2D eigenvalue weighted by Gasteiger charge is 2.32. The van der Waals surface area contributed by atoms with E-state index in [9.17, 15) is 17.6 Å². The second kappa shape index (κ2) is 10.4. The smallest absolute Gasteiger partial charge is 0.454 e. The minimum Gasteiger partial charge on any atom is -0.454 e. The molecule has 6 heteroatoms. The van der Waals surface area contributed by atoms with E-state index in [0.29, 0.717) is 31.4 Å². The Labute approximate surface area is 191 Å². The summed E-state index contributed by atoms with van der Waals surface area (Å²) in [6.45, 7) is 1.95. The molecule has 0 aliphatic carbocycles. The highest BCUT2D eigenvalue weighted by atomic mass is 19.4. The molecule has 0 saturated heterocycles. The molecule has 0 fully saturated rings. The lowest BCUT2D eigenvalue weighted by molar-refractivity contribution is -0.274. The predicted molar refractivity (Wildman–Crippen MR) is 120 cm³/mol. The molecule has 0 N–H and O–H groups in total. The van der Waals surface area contributed by atoms with Crippen molar-refractivity contribution in [3.05, 3.63) is 89.7 Å². The van der Waals surface area contributed by atoms with Crippen LogP contribution < -0.4 is 9.47 Å². The molecule has 0 aromatic heterocycles. The summed E-state index contributed by atoms with van der Waals surface area (Å²) >= 11 is 0. The van der Waals surface area contributed by atoms with Gasteiger partial charge >= 0.3 is 6.36 Å². The Balaban J connectivity index is 1.68. The first-order chi connectivity index (χ1) is 15.7. The van der Waals surface area contributed by atoms with Gasteiger partial charge in [-0.2, -0.15) is 0 Å². The van der Waals surface area contributed by atoms with Gasteiger partial charge in [-0.05, 0) is 73.2 Å². The van der Waals surface area contributed by atoms with Gasteiger partial charge in [-0.3, -0.25) is 0 Å². The maximum absolute atomic E-state index is 14.2. The van der Waals surface area contributed by atoms with Crippen molar-refractivity contribution in [1.82, 2.24) is 0 Å². The first kappa shape index (κ1) is 24.2. The van der Waals surface area contributed by atoms with Gasteiger partial charge in [0.25, 0.3) is 0 Å². The zero-order valence-corrected chi connectivity index (χ0v) is 18.2. The van der Waals surface area contributed by atoms with E-state index in [4.69, 9.17) is 11.2 Å². The van der Waals surface area contributed by atoms with Crippen LogP contribution in [0.3, 0.4) is 0 Å². The number of alkyl halides is 3. The van der Waals surface area contributed by atoms with Crippen molar-refractivity contribution in [3.8, 4) is 29.6 Å². The second-order valence-electron chi connectivity index (χ2n) is 7.69. The highest BCUT2D eigenvalue weighted by molar-refractivity contribution is 5.39. The first-order valence-corrected chi connectivity index (χ1v) is 10.6. The van der Waals surface area contributed by atoms with Crippen LogP contribution in [0.5, 0.6) is 17.2 Å². The molecule has 172 valence electrons. The van der Waals surface area contributed by atoms with E-state index in [1.54, 1.807) is 36.4 Å². The average Bonchev–Trinajstić information content (AvgIpc) is 2.79. The van der Waals surface area contributed by atoms with E-state index in [2.05, 4.69) is 10.7 Å². The number of benzene rings is 3. The van der Waals surface area contributed by atoms with Crippen LogP contribution in [-0.2, 0) is 11.8 Å². The fraction of sp³-hybridized carbons (Fsp3) is 0.259. The van der Waals surface area contributed by atoms with Gasteiger partial charge in [-0.1, -0.05) is 49.2 Å². The van der Waals surface area contributed by atoms with Crippen LogP contribution in [0, 0.1) is 18.2 Å². The predicted octanol–water partition coefficient (Wildman–Crippen LogP) is 7.82. The fourth-order valence-corrected chi connectivity index (χ4v) is 3.75. The van der Waals surface area contributed by atoms with E-state index >= 15 is 0 Å². The highest BCUT2D eigenvalue weighted by Crippen LogP contribution is 2.35. The lowest BCUT2D eigenvalue weighted by Crippen LogP contribution is -2.23. The van der Waals surface area contributed by atoms with Crippen LogP contribution in [0.25, 0.3) is 0 Å². The normalized spacial score (nSPS) is 13.1. The van der Waals surface area contributed by atoms with Crippen molar-refractivity contribution in [3.63, 3.8) is 0 Å². The van der Waals surface area contributed by atoms with Gasteiger partial charge in [-0.15, -0.1) is 19.6 Å². The van der Waals surface area contributed by atoms with Crippen molar-refractivity contribution < 1.29 is 27.0 Å². The lowest BCUT2D eigenvalue weighted by Gasteiger charge is -2.28. The summed E-state index contributed by atoms with van der Waals surface area (Å²) in [7, 11) is 0. The van der Waals surface area contributed by atoms with E-state index in [1.807, 2.05) is 25.1 Å². The Bertz CT molecular complexity index is 1090. The molecular weight excluding hydrogens is 432 g/mol. The van der Waals surface area contributed by atoms with Crippen molar-refractivity contribution in [2.75, 3.05) is 0 Å². The number of ether oxygens (including phenoxy) is 2. The molecule has 33 heavy (non-hydrogen) atoms. The van der Waals surface area contributed by atoms with Crippen molar-refractivity contribution in [1.29, 1.82) is 0 Å². The van der Waals surface area contributed by atoms with E-state index < -0.39 is 17.6 Å². The van der Waals surface area contributed by atoms with Gasteiger partial charge in [0.1, 0.15) is 11.5 Å². The van der Waals surface area contributed by atoms with Gasteiger partial charge < -0.3 is 9.47 Å². The minimum absolute atomic E-state index is 0.151. The summed E-state index contributed by atoms with van der Waals surface area (Å²) < 4.78 is 61.1. The Morgan fingerprint density at radius 1 is 0.909 bits per heavy atom. The monoisotopic (exact) mass is 456 g/mol. The topological polar surface area (TPSA) is 18.5 Å². The van der Waals surface area contributed by atoms with Crippen LogP contribution >= 0.6 is 0 Å². The van der Waals surface area contributed by atoms with Crippen LogP contribution in [0.15, 0.2) is 72.8 Å². The average molecular weight is 456 g/mol. The third-order valence-corrected chi connectivity index (χ3v) is 5.56. The van der Waals surface area contributed by atoms with Gasteiger partial charge in [0.2, 0.25) is 0 Å². The molecule has 0 aliphatic heterocycles. The molecule has 0 aliphatic rings. The molecule has 0 saturated carbocycles. The molecule has 1 atom stereocenters. The van der Waals surface area contributed by atoms with Gasteiger partial charge in [0.05, 0.1) is 5.41 Å². The summed E-state index contributed by atoms with van der Waals surface area (Å²) in [6.07, 6.45) is 3.71. The van der Waals surface area contributed by atoms with Gasteiger partial charge in [0, 0.05) is 0 Å². The number of halogens is 4. The fourth-order valence-electron chi connectivity index (χ4n) is 3.75. The molecule has 0 spiro atoms. The summed E-state index contributed by atoms with van der Waals surface area (Å²) in [5, 5.41) is 0. The largest absolute Gasteiger partial charge is 0.573 e. The molecule has 1 unspecified atom stereocenters. The number of aryl methyl sites for hydroxylation is 1. The number of terminal acetylenes is 1. The van der Waals surface area contributed by atoms with Crippen molar-refractivity contribution in [2.45, 2.75) is 44.4 Å². The van der Waals surface area contributed by atoms with Gasteiger partial charge in [0.15, 0.2) is 11.6 Å². The molecule has 3 aromatic rings. The van der Waals surface area contributed by atoms with Crippen LogP contribution in [0.2, 0.25) is 0 Å². The lowest BCUT2D eigenvalue weighted by atomic mass is 9.75. The summed E-state index contributed by atoms with van der Waals surface area (Å²) in [5.74, 6) is 2.80. The first-order valence-electron chi connectivity index (χ1n) is 10.6. The zero-order chi connectivity index (χ0) is 23.9. The maximum atomic E-state index is 14.2. The standard InChI is InChI=1S/C27H24F4O2/c1-3-26(4-2,21-13-15-23(16-14-21)33-27(29,30)31)18-8-9-20-12-17-24(28)25(19-20)32-22-10-6-5-7-11-22/h1,5-7,10-17,19H,4,8-9,18H2,2H3. The van der Waals surface area contributed by atoms with Crippen LogP contribution in [0.1, 0.15) is 37.3 Å². The second-order valence-corrected chi connectivity index (χ2v) is 7.69. The van der Waals surface area contributed by atoms with E-state index in [-0.39, 0.29) is 11.5 Å². The molecule has 0 heterocycles. The van der Waals surface area contributed by atoms with Gasteiger partial charge in [-0.25, -0.2) is 4.39 Å². The quantitative estimate of drug-likeness (QED) is 0.241. The van der Waals surface area contributed by atoms with E-state index in [1.165, 1.54) is 18.2 Å². The Kier molecular flexibility index (Phi) is 7.65. The van der Waals surface area contributed by atoms with Crippen molar-refractivity contribution in [2.24, 2.45) is 0 Å². The van der Waals surface area contributed by atoms with Crippen LogP contribution in [-0.4, -0.2) is 6.36 Å². The minimum atomic E-state index is -4.74. The summed E-state index contributed by atoms with van der Waals surface area (Å²) in [5.41, 5.74) is 1.03. The molecular formula is C27H24F4O2. The zero-order valence-electron chi connectivity index (χ0n) is 18.2. The van der Waals surface area contributed by atoms with E-state index in [0.717, 1.165) is 11.1 Å². The molecule has 2 nitrogen and oxygen atoms in total. The Morgan fingerprint density at radius 3 is 2.21 bits per heavy atom. The van der Waals surface area contributed by atoms with Crippen molar-refractivity contribution >= 4 is 0 Å². The summed E-state index contributed by atoms with van der Waals surface area (Å²) in [6, 6.07) is 19.4. The molecule has 0 amide bonds. The third-order valence-electron chi connectivity index (χ3n) is 5.56.